The lowest BCUT2D eigenvalue weighted by molar-refractivity contribution is -0.137. The maximum Gasteiger partial charge on any atom is 0.303 e. The first-order valence-corrected chi connectivity index (χ1v) is 10.3. The van der Waals surface area contributed by atoms with Crippen molar-refractivity contribution in [2.45, 2.75) is 35.9 Å². The number of alkyl halides is 2. The average molecular weight is 421 g/mol. The van der Waals surface area contributed by atoms with Crippen molar-refractivity contribution in [2.24, 2.45) is 5.92 Å². The lowest BCUT2D eigenvalue weighted by Gasteiger charge is -2.17. The molecule has 2 unspecified atom stereocenters. The summed E-state index contributed by atoms with van der Waals surface area (Å²) in [5.41, 5.74) is 3.22. The standard InChI is InChI=1S/C21H22Cl2N2O3/c22-21(23)17(12-18(26)27)19(21)13-4-7-16(8-5-13)28-11-9-15-6-3-14-2-1-10-24-20(14)25-15/h3-8,17,19H,1-2,9-12H2,(H,24,25)(H,26,27). The smallest absolute Gasteiger partial charge is 0.303 e. The number of aliphatic carboxylic acids is 1. The number of ether oxygens (including phenoxy) is 1. The van der Waals surface area contributed by atoms with E-state index in [0.29, 0.717) is 6.61 Å². The first-order valence-electron chi connectivity index (χ1n) is 9.50. The summed E-state index contributed by atoms with van der Waals surface area (Å²) >= 11 is 12.5. The second-order valence-corrected chi connectivity index (χ2v) is 8.81. The molecule has 1 aliphatic heterocycles. The number of hydrogen-bond acceptors (Lipinski definition) is 4. The predicted molar refractivity (Wildman–Crippen MR) is 110 cm³/mol. The van der Waals surface area contributed by atoms with Crippen molar-refractivity contribution in [3.8, 4) is 5.75 Å². The third-order valence-electron chi connectivity index (χ3n) is 5.41. The SMILES string of the molecule is O=C(O)CC1C(c2ccc(OCCc3ccc4c(n3)NCCC4)cc2)C1(Cl)Cl. The Kier molecular flexibility index (Phi) is 5.39. The van der Waals surface area contributed by atoms with Gasteiger partial charge in [0.15, 0.2) is 0 Å². The molecule has 148 valence electrons. The van der Waals surface area contributed by atoms with Crippen LogP contribution in [0.25, 0.3) is 0 Å². The number of nitrogens with zero attached hydrogens (tertiary/aromatic N) is 1. The van der Waals surface area contributed by atoms with Gasteiger partial charge in [0.1, 0.15) is 15.9 Å². The van der Waals surface area contributed by atoms with Crippen LogP contribution < -0.4 is 10.1 Å². The van der Waals surface area contributed by atoms with E-state index in [0.717, 1.165) is 48.6 Å². The fraction of sp³-hybridized carbons (Fsp3) is 0.429. The third kappa shape index (κ3) is 4.06. The van der Waals surface area contributed by atoms with Crippen LogP contribution in [0.15, 0.2) is 36.4 Å². The number of aryl methyl sites for hydroxylation is 1. The molecule has 1 saturated carbocycles. The molecule has 4 rings (SSSR count). The van der Waals surface area contributed by atoms with Crippen LogP contribution in [0.1, 0.15) is 35.6 Å². The van der Waals surface area contributed by atoms with E-state index in [1.165, 1.54) is 5.56 Å². The van der Waals surface area contributed by atoms with Gasteiger partial charge in [0.2, 0.25) is 0 Å². The van der Waals surface area contributed by atoms with Crippen molar-refractivity contribution in [1.29, 1.82) is 0 Å². The zero-order chi connectivity index (χ0) is 19.7. The first kappa shape index (κ1) is 19.3. The highest BCUT2D eigenvalue weighted by Gasteiger charge is 2.64. The average Bonchev–Trinajstić information content (AvgIpc) is 3.21. The summed E-state index contributed by atoms with van der Waals surface area (Å²) in [6.07, 6.45) is 2.93. The number of pyridine rings is 1. The van der Waals surface area contributed by atoms with E-state index in [-0.39, 0.29) is 18.3 Å². The molecule has 0 amide bonds. The van der Waals surface area contributed by atoms with E-state index in [9.17, 15) is 4.79 Å². The van der Waals surface area contributed by atoms with Gasteiger partial charge in [0, 0.05) is 30.5 Å². The number of halogens is 2. The number of carboxylic acid groups (broad SMARTS) is 1. The summed E-state index contributed by atoms with van der Waals surface area (Å²) < 4.78 is 4.82. The minimum Gasteiger partial charge on any atom is -0.493 e. The molecule has 2 aliphatic rings. The monoisotopic (exact) mass is 420 g/mol. The van der Waals surface area contributed by atoms with E-state index in [1.54, 1.807) is 0 Å². The molecule has 2 aromatic rings. The van der Waals surface area contributed by atoms with Gasteiger partial charge < -0.3 is 15.2 Å². The molecule has 7 heteroatoms. The predicted octanol–water partition coefficient (Wildman–Crippen LogP) is 4.42. The van der Waals surface area contributed by atoms with Crippen LogP contribution in [0, 0.1) is 5.92 Å². The van der Waals surface area contributed by atoms with Crippen LogP contribution in [0.4, 0.5) is 5.82 Å². The van der Waals surface area contributed by atoms with Crippen LogP contribution in [-0.2, 0) is 17.6 Å². The van der Waals surface area contributed by atoms with Crippen LogP contribution in [-0.4, -0.2) is 33.5 Å². The van der Waals surface area contributed by atoms with Crippen molar-refractivity contribution in [3.05, 3.63) is 53.2 Å². The molecule has 1 fully saturated rings. The number of hydrogen-bond donors (Lipinski definition) is 2. The van der Waals surface area contributed by atoms with Crippen molar-refractivity contribution in [1.82, 2.24) is 4.98 Å². The molecule has 1 aliphatic carbocycles. The largest absolute Gasteiger partial charge is 0.493 e. The highest BCUT2D eigenvalue weighted by Crippen LogP contribution is 2.66. The maximum atomic E-state index is 10.9. The van der Waals surface area contributed by atoms with Gasteiger partial charge in [0.25, 0.3) is 0 Å². The molecule has 5 nitrogen and oxygen atoms in total. The fourth-order valence-electron chi connectivity index (χ4n) is 3.84. The van der Waals surface area contributed by atoms with Crippen molar-refractivity contribution < 1.29 is 14.6 Å². The van der Waals surface area contributed by atoms with E-state index in [4.69, 9.17) is 33.0 Å². The summed E-state index contributed by atoms with van der Waals surface area (Å²) in [6.45, 7) is 1.51. The number of nitrogens with one attached hydrogen (secondary N) is 1. The van der Waals surface area contributed by atoms with E-state index in [2.05, 4.69) is 22.4 Å². The summed E-state index contributed by atoms with van der Waals surface area (Å²) in [6, 6.07) is 11.8. The maximum absolute atomic E-state index is 10.9. The Morgan fingerprint density at radius 1 is 1.25 bits per heavy atom. The third-order valence-corrected chi connectivity index (χ3v) is 6.45. The Bertz CT molecular complexity index is 870. The highest BCUT2D eigenvalue weighted by atomic mass is 35.5. The van der Waals surface area contributed by atoms with Crippen LogP contribution in [0.5, 0.6) is 5.75 Å². The molecule has 1 aromatic carbocycles. The van der Waals surface area contributed by atoms with Crippen LogP contribution >= 0.6 is 23.2 Å². The lowest BCUT2D eigenvalue weighted by Crippen LogP contribution is -2.14. The Morgan fingerprint density at radius 2 is 2.04 bits per heavy atom. The molecule has 2 N–H and O–H groups in total. The molecule has 28 heavy (non-hydrogen) atoms. The van der Waals surface area contributed by atoms with Gasteiger partial charge >= 0.3 is 5.97 Å². The molecule has 0 spiro atoms. The first-order chi connectivity index (χ1) is 13.4. The molecular formula is C21H22Cl2N2O3. The minimum absolute atomic E-state index is 0.0292. The number of aromatic nitrogens is 1. The van der Waals surface area contributed by atoms with E-state index in [1.807, 2.05) is 24.3 Å². The van der Waals surface area contributed by atoms with Crippen molar-refractivity contribution in [2.75, 3.05) is 18.5 Å². The molecular weight excluding hydrogens is 399 g/mol. The number of carbonyl (C=O) groups is 1. The van der Waals surface area contributed by atoms with Gasteiger partial charge in [-0.25, -0.2) is 4.98 Å². The number of anilines is 1. The van der Waals surface area contributed by atoms with E-state index >= 15 is 0 Å². The number of benzene rings is 1. The quantitative estimate of drug-likeness (QED) is 0.648. The van der Waals surface area contributed by atoms with Crippen LogP contribution in [0.2, 0.25) is 0 Å². The number of rotatable bonds is 7. The Labute approximate surface area is 174 Å². The zero-order valence-electron chi connectivity index (χ0n) is 15.3. The Hall–Kier alpha value is -1.98. The van der Waals surface area contributed by atoms with Gasteiger partial charge in [-0.05, 0) is 42.2 Å². The molecule has 0 radical (unpaired) electrons. The van der Waals surface area contributed by atoms with Gasteiger partial charge in [-0.15, -0.1) is 23.2 Å². The summed E-state index contributed by atoms with van der Waals surface area (Å²) in [7, 11) is 0. The summed E-state index contributed by atoms with van der Waals surface area (Å²) in [5, 5.41) is 12.3. The topological polar surface area (TPSA) is 71.5 Å². The van der Waals surface area contributed by atoms with Gasteiger partial charge in [-0.3, -0.25) is 4.79 Å². The number of carboxylic acids is 1. The van der Waals surface area contributed by atoms with Gasteiger partial charge in [-0.1, -0.05) is 18.2 Å². The second-order valence-electron chi connectivity index (χ2n) is 7.36. The molecule has 2 atom stereocenters. The summed E-state index contributed by atoms with van der Waals surface area (Å²) in [5.74, 6) is 0.449. The highest BCUT2D eigenvalue weighted by molar-refractivity contribution is 6.52. The van der Waals surface area contributed by atoms with Gasteiger partial charge in [0.05, 0.1) is 13.0 Å². The lowest BCUT2D eigenvalue weighted by atomic mass is 10.1. The molecule has 2 heterocycles. The van der Waals surface area contributed by atoms with Crippen molar-refractivity contribution >= 4 is 35.0 Å². The fourth-order valence-corrected chi connectivity index (χ4v) is 4.68. The minimum atomic E-state index is -1.01. The van der Waals surface area contributed by atoms with Crippen LogP contribution in [0.3, 0.4) is 0 Å². The summed E-state index contributed by atoms with van der Waals surface area (Å²) in [4.78, 5) is 15.6. The zero-order valence-corrected chi connectivity index (χ0v) is 16.8. The normalized spacial score (nSPS) is 22.1. The second kappa shape index (κ2) is 7.80. The van der Waals surface area contributed by atoms with Crippen molar-refractivity contribution in [3.63, 3.8) is 0 Å². The van der Waals surface area contributed by atoms with E-state index < -0.39 is 10.3 Å². The Balaban J connectivity index is 1.31. The van der Waals surface area contributed by atoms with Gasteiger partial charge in [-0.2, -0.15) is 0 Å². The molecule has 0 saturated heterocycles. The molecule has 0 bridgehead atoms. The number of fused-ring (bicyclic) bond motifs is 1. The Morgan fingerprint density at radius 3 is 2.79 bits per heavy atom. The molecule has 1 aromatic heterocycles.